The lowest BCUT2D eigenvalue weighted by Gasteiger charge is -2.13. The van der Waals surface area contributed by atoms with Crippen LogP contribution in [0.1, 0.15) is 27.7 Å². The van der Waals surface area contributed by atoms with Gasteiger partial charge < -0.3 is 16.0 Å². The summed E-state index contributed by atoms with van der Waals surface area (Å²) in [4.78, 5) is 56.7. The molecule has 3 amide bonds. The number of nitro groups is 1. The van der Waals surface area contributed by atoms with Crippen LogP contribution in [0.5, 0.6) is 0 Å². The Morgan fingerprint density at radius 1 is 0.872 bits per heavy atom. The van der Waals surface area contributed by atoms with Crippen molar-refractivity contribution in [2.45, 2.75) is 24.0 Å². The van der Waals surface area contributed by atoms with Gasteiger partial charge in [0.05, 0.1) is 21.4 Å². The maximum atomic E-state index is 13.4. The number of nitrogens with zero attached hydrogens (tertiary/aromatic N) is 2. The standard InChI is InChI=1S/C35H29N5O5S2/c1-22-31(24-11-5-3-6-12-24)38-35(47-22)39-32(41)23(2)46-28-19-17-27(18-20-28)36-34(43)29(37-33(42)25-13-7-4-8-14-25)21-26-15-9-10-16-30(26)40(44)45/h3-21,23H,1-2H3,(H,36,43)(H,37,42)(H,38,39,41)/b29-21-. The summed E-state index contributed by atoms with van der Waals surface area (Å²) in [5.74, 6) is -1.41. The smallest absolute Gasteiger partial charge is 0.276 e. The van der Waals surface area contributed by atoms with Crippen LogP contribution in [0.15, 0.2) is 120 Å². The first kappa shape index (κ1) is 32.8. The van der Waals surface area contributed by atoms with E-state index in [1.54, 1.807) is 67.6 Å². The molecule has 0 fully saturated rings. The number of para-hydroxylation sites is 1. The molecule has 4 aromatic carbocycles. The summed E-state index contributed by atoms with van der Waals surface area (Å²) in [5, 5.41) is 19.9. The molecule has 1 atom stereocenters. The second-order valence-electron chi connectivity index (χ2n) is 10.2. The minimum absolute atomic E-state index is 0.152. The average Bonchev–Trinajstić information content (AvgIpc) is 3.45. The Labute approximate surface area is 279 Å². The van der Waals surface area contributed by atoms with Gasteiger partial charge in [-0.05, 0) is 62.4 Å². The van der Waals surface area contributed by atoms with Gasteiger partial charge in [-0.15, -0.1) is 23.1 Å². The van der Waals surface area contributed by atoms with Crippen molar-refractivity contribution in [1.82, 2.24) is 10.3 Å². The fourth-order valence-corrected chi connectivity index (χ4v) is 6.17. The third-order valence-corrected chi connectivity index (χ3v) is 8.83. The first-order chi connectivity index (χ1) is 22.7. The van der Waals surface area contributed by atoms with Crippen molar-refractivity contribution in [3.05, 3.63) is 141 Å². The van der Waals surface area contributed by atoms with Crippen LogP contribution in [0.4, 0.5) is 16.5 Å². The highest BCUT2D eigenvalue weighted by Crippen LogP contribution is 2.31. The number of benzene rings is 4. The second kappa shape index (κ2) is 15.1. The van der Waals surface area contributed by atoms with E-state index in [4.69, 9.17) is 0 Å². The maximum Gasteiger partial charge on any atom is 0.276 e. The quantitative estimate of drug-likeness (QED) is 0.0573. The highest BCUT2D eigenvalue weighted by Gasteiger charge is 2.20. The van der Waals surface area contributed by atoms with Crippen molar-refractivity contribution in [3.8, 4) is 11.3 Å². The molecule has 0 saturated heterocycles. The van der Waals surface area contributed by atoms with Gasteiger partial charge in [-0.25, -0.2) is 4.98 Å². The van der Waals surface area contributed by atoms with Crippen LogP contribution in [0.3, 0.4) is 0 Å². The fraction of sp³-hybridized carbons (Fsp3) is 0.0857. The third kappa shape index (κ3) is 8.57. The van der Waals surface area contributed by atoms with Gasteiger partial charge in [0.2, 0.25) is 5.91 Å². The maximum absolute atomic E-state index is 13.4. The molecular weight excluding hydrogens is 635 g/mol. The van der Waals surface area contributed by atoms with Gasteiger partial charge in [0.25, 0.3) is 17.5 Å². The molecule has 5 rings (SSSR count). The zero-order valence-corrected chi connectivity index (χ0v) is 26.9. The van der Waals surface area contributed by atoms with Crippen LogP contribution >= 0.6 is 23.1 Å². The topological polar surface area (TPSA) is 143 Å². The lowest BCUT2D eigenvalue weighted by Crippen LogP contribution is -2.30. The number of carbonyl (C=O) groups is 3. The summed E-state index contributed by atoms with van der Waals surface area (Å²) in [7, 11) is 0. The zero-order valence-electron chi connectivity index (χ0n) is 25.3. The molecule has 3 N–H and O–H groups in total. The number of hydrogen-bond donors (Lipinski definition) is 3. The molecule has 1 heterocycles. The summed E-state index contributed by atoms with van der Waals surface area (Å²) in [5.41, 5.74) is 2.32. The van der Waals surface area contributed by atoms with E-state index < -0.39 is 22.0 Å². The summed E-state index contributed by atoms with van der Waals surface area (Å²) >= 11 is 2.76. The average molecular weight is 664 g/mol. The molecule has 236 valence electrons. The van der Waals surface area contributed by atoms with Crippen molar-refractivity contribution in [2.75, 3.05) is 10.6 Å². The van der Waals surface area contributed by atoms with E-state index in [9.17, 15) is 24.5 Å². The largest absolute Gasteiger partial charge is 0.321 e. The molecule has 1 aromatic heterocycles. The van der Waals surface area contributed by atoms with Crippen molar-refractivity contribution >= 4 is 63.4 Å². The molecule has 47 heavy (non-hydrogen) atoms. The Hall–Kier alpha value is -5.59. The number of carbonyl (C=O) groups excluding carboxylic acids is 3. The number of nitro benzene ring substituents is 1. The van der Waals surface area contributed by atoms with E-state index >= 15 is 0 Å². The van der Waals surface area contributed by atoms with Crippen LogP contribution in [0.25, 0.3) is 17.3 Å². The van der Waals surface area contributed by atoms with Gasteiger partial charge in [0.15, 0.2) is 5.13 Å². The number of hydrogen-bond acceptors (Lipinski definition) is 8. The van der Waals surface area contributed by atoms with Crippen LogP contribution in [0.2, 0.25) is 0 Å². The van der Waals surface area contributed by atoms with Gasteiger partial charge in [0, 0.05) is 32.7 Å². The van der Waals surface area contributed by atoms with Crippen molar-refractivity contribution < 1.29 is 19.3 Å². The third-order valence-electron chi connectivity index (χ3n) is 6.83. The van der Waals surface area contributed by atoms with Gasteiger partial charge >= 0.3 is 0 Å². The normalized spacial score (nSPS) is 11.7. The van der Waals surface area contributed by atoms with E-state index in [0.29, 0.717) is 16.4 Å². The highest BCUT2D eigenvalue weighted by molar-refractivity contribution is 8.00. The molecule has 0 aliphatic rings. The molecule has 10 nitrogen and oxygen atoms in total. The Morgan fingerprint density at radius 3 is 2.19 bits per heavy atom. The van der Waals surface area contributed by atoms with Crippen molar-refractivity contribution in [3.63, 3.8) is 0 Å². The van der Waals surface area contributed by atoms with Gasteiger partial charge in [0.1, 0.15) is 5.70 Å². The van der Waals surface area contributed by atoms with Crippen LogP contribution < -0.4 is 16.0 Å². The molecular formula is C35H29N5O5S2. The zero-order chi connectivity index (χ0) is 33.3. The molecule has 1 unspecified atom stereocenters. The number of thioether (sulfide) groups is 1. The number of rotatable bonds is 11. The van der Waals surface area contributed by atoms with E-state index in [2.05, 4.69) is 20.9 Å². The number of thiazole rings is 1. The SMILES string of the molecule is Cc1sc(NC(=O)C(C)Sc2ccc(NC(=O)/C(=C/c3ccccc3[N+](=O)[O-])NC(=O)c3ccccc3)cc2)nc1-c1ccccc1. The Bertz CT molecular complexity index is 1940. The predicted octanol–water partition coefficient (Wildman–Crippen LogP) is 7.56. The van der Waals surface area contributed by atoms with E-state index in [1.165, 1.54) is 47.4 Å². The number of anilines is 2. The molecule has 5 aromatic rings. The predicted molar refractivity (Wildman–Crippen MR) is 186 cm³/mol. The first-order valence-electron chi connectivity index (χ1n) is 14.4. The molecule has 12 heteroatoms. The van der Waals surface area contributed by atoms with E-state index in [1.807, 2.05) is 37.3 Å². The first-order valence-corrected chi connectivity index (χ1v) is 16.1. The molecule has 0 aliphatic carbocycles. The molecule has 0 radical (unpaired) electrons. The summed E-state index contributed by atoms with van der Waals surface area (Å²) in [6.45, 7) is 3.76. The lowest BCUT2D eigenvalue weighted by atomic mass is 10.1. The van der Waals surface area contributed by atoms with Crippen LogP contribution in [-0.2, 0) is 9.59 Å². The minimum atomic E-state index is -0.672. The summed E-state index contributed by atoms with van der Waals surface area (Å²) < 4.78 is 0. The monoisotopic (exact) mass is 663 g/mol. The van der Waals surface area contributed by atoms with Crippen LogP contribution in [0, 0.1) is 17.0 Å². The van der Waals surface area contributed by atoms with Crippen LogP contribution in [-0.4, -0.2) is 32.9 Å². The minimum Gasteiger partial charge on any atom is -0.321 e. The molecule has 0 bridgehead atoms. The molecule has 0 aliphatic heterocycles. The number of aryl methyl sites for hydroxylation is 1. The Kier molecular flexibility index (Phi) is 10.6. The number of amides is 3. The Balaban J connectivity index is 1.25. The van der Waals surface area contributed by atoms with E-state index in [0.717, 1.165) is 21.0 Å². The summed E-state index contributed by atoms with van der Waals surface area (Å²) in [6.07, 6.45) is 1.27. The van der Waals surface area contributed by atoms with E-state index in [-0.39, 0.29) is 22.9 Å². The van der Waals surface area contributed by atoms with Gasteiger partial charge in [-0.3, -0.25) is 24.5 Å². The molecule has 0 spiro atoms. The second-order valence-corrected chi connectivity index (χ2v) is 12.8. The fourth-order valence-electron chi connectivity index (χ4n) is 4.47. The van der Waals surface area contributed by atoms with Gasteiger partial charge in [-0.1, -0.05) is 60.7 Å². The van der Waals surface area contributed by atoms with Crippen molar-refractivity contribution in [1.29, 1.82) is 0 Å². The van der Waals surface area contributed by atoms with Gasteiger partial charge in [-0.2, -0.15) is 0 Å². The number of aromatic nitrogens is 1. The Morgan fingerprint density at radius 2 is 1.51 bits per heavy atom. The summed E-state index contributed by atoms with van der Waals surface area (Å²) in [6, 6.07) is 30.9. The molecule has 0 saturated carbocycles. The van der Waals surface area contributed by atoms with Crippen molar-refractivity contribution in [2.24, 2.45) is 0 Å². The lowest BCUT2D eigenvalue weighted by molar-refractivity contribution is -0.385. The highest BCUT2D eigenvalue weighted by atomic mass is 32.2. The number of nitrogens with one attached hydrogen (secondary N) is 3.